The van der Waals surface area contributed by atoms with Crippen LogP contribution in [0.15, 0.2) is 35.2 Å². The Balaban J connectivity index is 2.63. The monoisotopic (exact) mass is 319 g/mol. The van der Waals surface area contributed by atoms with Gasteiger partial charge in [-0.05, 0) is 12.1 Å². The van der Waals surface area contributed by atoms with Gasteiger partial charge < -0.3 is 13.3 Å². The molecule has 0 aliphatic heterocycles. The minimum absolute atomic E-state index is 0.175. The van der Waals surface area contributed by atoms with Crippen LogP contribution in [0.3, 0.4) is 0 Å². The van der Waals surface area contributed by atoms with Gasteiger partial charge in [0, 0.05) is 20.3 Å². The summed E-state index contributed by atoms with van der Waals surface area (Å²) >= 11 is 0. The highest BCUT2D eigenvalue weighted by Gasteiger charge is 2.38. The Hall–Kier alpha value is -0.773. The van der Waals surface area contributed by atoms with E-state index < -0.39 is 18.8 Å². The van der Waals surface area contributed by atoms with Crippen molar-refractivity contribution >= 4 is 18.8 Å². The van der Waals surface area contributed by atoms with Crippen LogP contribution in [-0.2, 0) is 23.3 Å². The molecule has 114 valence electrons. The second kappa shape index (κ2) is 7.86. The van der Waals surface area contributed by atoms with Crippen molar-refractivity contribution in [2.75, 3.05) is 21.0 Å². The SMILES string of the molecule is CCC[Si](OC)(OC)OCNS(=O)(=O)c1ccccc1. The van der Waals surface area contributed by atoms with Gasteiger partial charge in [0.25, 0.3) is 0 Å². The molecule has 1 aromatic carbocycles. The number of rotatable bonds is 9. The molecular weight excluding hydrogens is 298 g/mol. The lowest BCUT2D eigenvalue weighted by atomic mass is 10.4. The van der Waals surface area contributed by atoms with Crippen molar-refractivity contribution in [3.63, 3.8) is 0 Å². The third-order valence-electron chi connectivity index (χ3n) is 2.77. The van der Waals surface area contributed by atoms with Crippen LogP contribution in [0.5, 0.6) is 0 Å². The van der Waals surface area contributed by atoms with Gasteiger partial charge in [-0.2, -0.15) is 4.72 Å². The molecule has 0 radical (unpaired) electrons. The van der Waals surface area contributed by atoms with Gasteiger partial charge in [-0.1, -0.05) is 31.5 Å². The fraction of sp³-hybridized carbons (Fsp3) is 0.500. The second-order valence-corrected chi connectivity index (χ2v) is 8.83. The van der Waals surface area contributed by atoms with Crippen LogP contribution in [0.1, 0.15) is 13.3 Å². The standard InChI is InChI=1S/C12H21NO5SSi/c1-4-10-20(16-2,17-3)18-11-13-19(14,15)12-8-6-5-7-9-12/h5-9,13H,4,10-11H2,1-3H3. The average Bonchev–Trinajstić information content (AvgIpc) is 2.47. The lowest BCUT2D eigenvalue weighted by molar-refractivity contribution is 0.0965. The Morgan fingerprint density at radius 2 is 1.75 bits per heavy atom. The molecule has 8 heteroatoms. The zero-order chi connectivity index (χ0) is 15.1. The maximum absolute atomic E-state index is 12.0. The summed E-state index contributed by atoms with van der Waals surface area (Å²) in [5, 5.41) is 0. The van der Waals surface area contributed by atoms with Gasteiger partial charge in [0.05, 0.1) is 4.90 Å². The number of nitrogens with one attached hydrogen (secondary N) is 1. The first-order chi connectivity index (χ1) is 9.49. The Bertz CT molecular complexity index is 490. The molecule has 0 atom stereocenters. The van der Waals surface area contributed by atoms with Gasteiger partial charge in [0.2, 0.25) is 10.0 Å². The van der Waals surface area contributed by atoms with E-state index in [1.54, 1.807) is 18.2 Å². The molecule has 0 fully saturated rings. The Morgan fingerprint density at radius 1 is 1.15 bits per heavy atom. The molecule has 1 aromatic rings. The molecule has 0 bridgehead atoms. The largest absolute Gasteiger partial charge is 0.501 e. The zero-order valence-electron chi connectivity index (χ0n) is 12.0. The maximum atomic E-state index is 12.0. The Labute approximate surface area is 121 Å². The molecule has 0 aliphatic carbocycles. The molecule has 20 heavy (non-hydrogen) atoms. The van der Waals surface area contributed by atoms with Crippen molar-refractivity contribution in [3.8, 4) is 0 Å². The molecule has 0 saturated carbocycles. The van der Waals surface area contributed by atoms with Crippen LogP contribution in [-0.4, -0.2) is 38.2 Å². The Morgan fingerprint density at radius 3 is 2.25 bits per heavy atom. The summed E-state index contributed by atoms with van der Waals surface area (Å²) in [6.07, 6.45) is 0.833. The van der Waals surface area contributed by atoms with Crippen molar-refractivity contribution in [3.05, 3.63) is 30.3 Å². The minimum Gasteiger partial charge on any atom is -0.377 e. The zero-order valence-corrected chi connectivity index (χ0v) is 13.8. The van der Waals surface area contributed by atoms with E-state index in [1.807, 2.05) is 6.92 Å². The molecule has 0 spiro atoms. The first-order valence-corrected chi connectivity index (χ1v) is 9.70. The predicted molar refractivity (Wildman–Crippen MR) is 77.6 cm³/mol. The van der Waals surface area contributed by atoms with E-state index in [0.717, 1.165) is 6.42 Å². The summed E-state index contributed by atoms with van der Waals surface area (Å²) in [7, 11) is -3.33. The Kier molecular flexibility index (Phi) is 6.79. The van der Waals surface area contributed by atoms with Crippen LogP contribution in [0.2, 0.25) is 6.04 Å². The highest BCUT2D eigenvalue weighted by molar-refractivity contribution is 7.89. The van der Waals surface area contributed by atoms with Crippen molar-refractivity contribution < 1.29 is 21.7 Å². The van der Waals surface area contributed by atoms with E-state index in [4.69, 9.17) is 13.3 Å². The van der Waals surface area contributed by atoms with E-state index in [2.05, 4.69) is 4.72 Å². The summed E-state index contributed by atoms with van der Waals surface area (Å²) in [5.41, 5.74) is 0. The number of benzene rings is 1. The van der Waals surface area contributed by atoms with E-state index in [9.17, 15) is 8.42 Å². The summed E-state index contributed by atoms with van der Waals surface area (Å²) in [6.45, 7) is 1.81. The molecule has 6 nitrogen and oxygen atoms in total. The van der Waals surface area contributed by atoms with E-state index in [1.165, 1.54) is 26.4 Å². The molecule has 0 aromatic heterocycles. The maximum Gasteiger partial charge on any atom is 0.501 e. The van der Waals surface area contributed by atoms with Crippen LogP contribution in [0.4, 0.5) is 0 Å². The highest BCUT2D eigenvalue weighted by Crippen LogP contribution is 2.15. The average molecular weight is 319 g/mol. The normalized spacial score (nSPS) is 12.6. The first kappa shape index (κ1) is 17.3. The van der Waals surface area contributed by atoms with Crippen molar-refractivity contribution in [2.45, 2.75) is 24.3 Å². The lowest BCUT2D eigenvalue weighted by Crippen LogP contribution is -2.46. The highest BCUT2D eigenvalue weighted by atomic mass is 32.2. The van der Waals surface area contributed by atoms with Crippen LogP contribution in [0.25, 0.3) is 0 Å². The van der Waals surface area contributed by atoms with Crippen LogP contribution < -0.4 is 4.72 Å². The van der Waals surface area contributed by atoms with Gasteiger partial charge in [0.1, 0.15) is 6.73 Å². The summed E-state index contributed by atoms with van der Waals surface area (Å²) in [5.74, 6) is 0. The molecule has 0 amide bonds. The number of hydrogen-bond acceptors (Lipinski definition) is 5. The molecule has 0 unspecified atom stereocenters. The van der Waals surface area contributed by atoms with Gasteiger partial charge in [-0.3, -0.25) is 0 Å². The number of hydrogen-bond donors (Lipinski definition) is 1. The topological polar surface area (TPSA) is 73.9 Å². The fourth-order valence-corrected chi connectivity index (χ4v) is 4.54. The van der Waals surface area contributed by atoms with Crippen LogP contribution in [0, 0.1) is 0 Å². The van der Waals surface area contributed by atoms with Crippen molar-refractivity contribution in [2.24, 2.45) is 0 Å². The van der Waals surface area contributed by atoms with Gasteiger partial charge in [-0.25, -0.2) is 8.42 Å². The first-order valence-electron chi connectivity index (χ1n) is 6.28. The molecule has 0 aliphatic rings. The fourth-order valence-electron chi connectivity index (χ4n) is 1.68. The predicted octanol–water partition coefficient (Wildman–Crippen LogP) is 1.58. The molecular formula is C12H21NO5SSi. The summed E-state index contributed by atoms with van der Waals surface area (Å²) < 4.78 is 42.5. The van der Waals surface area contributed by atoms with Gasteiger partial charge in [0.15, 0.2) is 0 Å². The molecule has 0 heterocycles. The van der Waals surface area contributed by atoms with E-state index >= 15 is 0 Å². The summed E-state index contributed by atoms with van der Waals surface area (Å²) in [6, 6.07) is 8.75. The van der Waals surface area contributed by atoms with Crippen LogP contribution >= 0.6 is 0 Å². The molecule has 1 N–H and O–H groups in total. The number of sulfonamides is 1. The third-order valence-corrected chi connectivity index (χ3v) is 7.10. The van der Waals surface area contributed by atoms with Gasteiger partial charge in [-0.15, -0.1) is 0 Å². The van der Waals surface area contributed by atoms with Crippen molar-refractivity contribution in [1.29, 1.82) is 0 Å². The van der Waals surface area contributed by atoms with Crippen molar-refractivity contribution in [1.82, 2.24) is 4.72 Å². The molecule has 0 saturated heterocycles. The second-order valence-electron chi connectivity index (χ2n) is 4.09. The minimum atomic E-state index is -3.58. The summed E-state index contributed by atoms with van der Waals surface area (Å²) in [4.78, 5) is 0.196. The third kappa shape index (κ3) is 4.65. The quantitative estimate of drug-likeness (QED) is 0.552. The molecule has 1 rings (SSSR count). The smallest absolute Gasteiger partial charge is 0.377 e. The van der Waals surface area contributed by atoms with Gasteiger partial charge >= 0.3 is 8.80 Å². The van der Waals surface area contributed by atoms with E-state index in [0.29, 0.717) is 6.04 Å². The van der Waals surface area contributed by atoms with E-state index in [-0.39, 0.29) is 11.6 Å². The lowest BCUT2D eigenvalue weighted by Gasteiger charge is -2.25.